The molecule has 0 unspecified atom stereocenters. The normalized spacial score (nSPS) is 10.5. The molecular weight excluding hydrogens is 326 g/mol. The molecule has 0 bridgehead atoms. The van der Waals surface area contributed by atoms with Crippen LogP contribution in [0.4, 0.5) is 5.69 Å². The first-order valence-electron chi connectivity index (χ1n) is 8.71. The molecule has 0 aliphatic heterocycles. The lowest BCUT2D eigenvalue weighted by Crippen LogP contribution is -2.35. The molecule has 0 aliphatic rings. The van der Waals surface area contributed by atoms with Gasteiger partial charge in [-0.05, 0) is 43.7 Å². The molecule has 1 aromatic carbocycles. The summed E-state index contributed by atoms with van der Waals surface area (Å²) >= 11 is 0. The Labute approximate surface area is 153 Å². The zero-order chi connectivity index (χ0) is 18.4. The number of hydrogen-bond acceptors (Lipinski definition) is 4. The number of likely N-dealkylation sites (N-methyl/N-ethyl adjacent to an activating group) is 1. The van der Waals surface area contributed by atoms with Crippen LogP contribution in [-0.2, 0) is 0 Å². The Kier molecular flexibility index (Phi) is 5.63. The third kappa shape index (κ3) is 4.27. The van der Waals surface area contributed by atoms with Gasteiger partial charge in [-0.3, -0.25) is 9.36 Å². The van der Waals surface area contributed by atoms with Crippen LogP contribution in [0.1, 0.15) is 22.8 Å². The van der Waals surface area contributed by atoms with E-state index in [0.717, 1.165) is 18.9 Å². The lowest BCUT2D eigenvalue weighted by Gasteiger charge is -2.23. The van der Waals surface area contributed by atoms with Gasteiger partial charge in [-0.2, -0.15) is 0 Å². The minimum absolute atomic E-state index is 0.116. The molecule has 6 nitrogen and oxygen atoms in total. The van der Waals surface area contributed by atoms with Crippen LogP contribution in [0.5, 0.6) is 0 Å². The Morgan fingerprint density at radius 3 is 2.81 bits per heavy atom. The van der Waals surface area contributed by atoms with Gasteiger partial charge in [-0.25, -0.2) is 9.97 Å². The predicted octanol–water partition coefficient (Wildman–Crippen LogP) is 2.83. The quantitative estimate of drug-likeness (QED) is 0.712. The van der Waals surface area contributed by atoms with Crippen LogP contribution in [0.3, 0.4) is 0 Å². The van der Waals surface area contributed by atoms with Crippen LogP contribution in [0, 0.1) is 6.92 Å². The van der Waals surface area contributed by atoms with Gasteiger partial charge in [-0.1, -0.05) is 12.1 Å². The van der Waals surface area contributed by atoms with Crippen LogP contribution in [-0.4, -0.2) is 40.1 Å². The summed E-state index contributed by atoms with van der Waals surface area (Å²) in [5.74, 6) is 0.616. The van der Waals surface area contributed by atoms with E-state index in [9.17, 15) is 4.79 Å². The molecule has 0 radical (unpaired) electrons. The highest BCUT2D eigenvalue weighted by Crippen LogP contribution is 2.15. The summed E-state index contributed by atoms with van der Waals surface area (Å²) in [6.07, 6.45) is 6.76. The summed E-state index contributed by atoms with van der Waals surface area (Å²) < 4.78 is 1.79. The van der Waals surface area contributed by atoms with Gasteiger partial charge in [0.05, 0.1) is 5.56 Å². The molecule has 134 valence electrons. The molecule has 1 N–H and O–H groups in total. The average Bonchev–Trinajstić information content (AvgIpc) is 3.20. The topological polar surface area (TPSA) is 63.1 Å². The minimum atomic E-state index is -0.116. The fraction of sp³-hybridized carbons (Fsp3) is 0.250. The van der Waals surface area contributed by atoms with Crippen LogP contribution in [0.25, 0.3) is 5.82 Å². The number of rotatable bonds is 7. The first kappa shape index (κ1) is 17.7. The standard InChI is InChI=1S/C20H23N5O/c1-3-24(18-6-4-5-16(2)13-18)12-10-22-20(26)17-7-8-19(23-14-17)25-11-9-21-15-25/h4-9,11,13-15H,3,10,12H2,1-2H3,(H,22,26). The van der Waals surface area contributed by atoms with Crippen LogP contribution in [0.2, 0.25) is 0 Å². The summed E-state index contributed by atoms with van der Waals surface area (Å²) in [6.45, 7) is 6.42. The van der Waals surface area contributed by atoms with Crippen LogP contribution >= 0.6 is 0 Å². The van der Waals surface area contributed by atoms with Crippen LogP contribution in [0.15, 0.2) is 61.3 Å². The van der Waals surface area contributed by atoms with Crippen molar-refractivity contribution in [2.75, 3.05) is 24.5 Å². The lowest BCUT2D eigenvalue weighted by atomic mass is 10.2. The molecule has 2 aromatic heterocycles. The smallest absolute Gasteiger partial charge is 0.252 e. The fourth-order valence-electron chi connectivity index (χ4n) is 2.77. The van der Waals surface area contributed by atoms with Gasteiger partial charge in [-0.15, -0.1) is 0 Å². The maximum atomic E-state index is 12.3. The molecule has 0 spiro atoms. The van der Waals surface area contributed by atoms with Crippen molar-refractivity contribution in [3.63, 3.8) is 0 Å². The van der Waals surface area contributed by atoms with Gasteiger partial charge in [0.15, 0.2) is 0 Å². The monoisotopic (exact) mass is 349 g/mol. The number of imidazole rings is 1. The second-order valence-corrected chi connectivity index (χ2v) is 6.05. The van der Waals surface area contributed by atoms with Gasteiger partial charge in [0.1, 0.15) is 12.1 Å². The summed E-state index contributed by atoms with van der Waals surface area (Å²) in [6, 6.07) is 12.0. The summed E-state index contributed by atoms with van der Waals surface area (Å²) in [7, 11) is 0. The van der Waals surface area contributed by atoms with Gasteiger partial charge in [0.25, 0.3) is 5.91 Å². The van der Waals surface area contributed by atoms with Crippen molar-refractivity contribution in [2.24, 2.45) is 0 Å². The van der Waals surface area contributed by atoms with Crippen molar-refractivity contribution in [2.45, 2.75) is 13.8 Å². The molecule has 0 atom stereocenters. The van der Waals surface area contributed by atoms with Crippen molar-refractivity contribution in [3.8, 4) is 5.82 Å². The first-order valence-corrected chi connectivity index (χ1v) is 8.71. The molecule has 6 heteroatoms. The summed E-state index contributed by atoms with van der Waals surface area (Å²) in [4.78, 5) is 22.9. The maximum Gasteiger partial charge on any atom is 0.252 e. The minimum Gasteiger partial charge on any atom is -0.370 e. The average molecular weight is 349 g/mol. The number of anilines is 1. The number of carbonyl (C=O) groups excluding carboxylic acids is 1. The summed E-state index contributed by atoms with van der Waals surface area (Å²) in [5, 5.41) is 2.96. The van der Waals surface area contributed by atoms with E-state index in [2.05, 4.69) is 58.3 Å². The molecule has 0 aliphatic carbocycles. The number of pyridine rings is 1. The van der Waals surface area contributed by atoms with Crippen molar-refractivity contribution in [1.82, 2.24) is 19.9 Å². The molecule has 3 aromatic rings. The zero-order valence-corrected chi connectivity index (χ0v) is 15.1. The molecule has 2 heterocycles. The number of hydrogen-bond donors (Lipinski definition) is 1. The van der Waals surface area contributed by atoms with E-state index in [1.807, 2.05) is 12.3 Å². The molecule has 1 amide bonds. The number of carbonyl (C=O) groups is 1. The highest BCUT2D eigenvalue weighted by molar-refractivity contribution is 5.93. The molecule has 0 saturated heterocycles. The molecule has 26 heavy (non-hydrogen) atoms. The van der Waals surface area contributed by atoms with E-state index in [-0.39, 0.29) is 5.91 Å². The fourth-order valence-corrected chi connectivity index (χ4v) is 2.77. The zero-order valence-electron chi connectivity index (χ0n) is 15.1. The third-order valence-electron chi connectivity index (χ3n) is 4.19. The highest BCUT2D eigenvalue weighted by Gasteiger charge is 2.08. The number of nitrogens with zero attached hydrogens (tertiary/aromatic N) is 4. The largest absolute Gasteiger partial charge is 0.370 e. The Hall–Kier alpha value is -3.15. The third-order valence-corrected chi connectivity index (χ3v) is 4.19. The van der Waals surface area contributed by atoms with Crippen molar-refractivity contribution >= 4 is 11.6 Å². The Bertz CT molecular complexity index is 843. The van der Waals surface area contributed by atoms with Gasteiger partial charge in [0.2, 0.25) is 0 Å². The number of aromatic nitrogens is 3. The van der Waals surface area contributed by atoms with E-state index in [4.69, 9.17) is 0 Å². The summed E-state index contributed by atoms with van der Waals surface area (Å²) in [5.41, 5.74) is 2.95. The van der Waals surface area contributed by atoms with Gasteiger partial charge in [0, 0.05) is 43.9 Å². The molecule has 0 fully saturated rings. The second-order valence-electron chi connectivity index (χ2n) is 6.05. The SMILES string of the molecule is CCN(CCNC(=O)c1ccc(-n2ccnc2)nc1)c1cccc(C)c1. The van der Waals surface area contributed by atoms with E-state index in [0.29, 0.717) is 12.1 Å². The number of aryl methyl sites for hydroxylation is 1. The van der Waals surface area contributed by atoms with Gasteiger partial charge >= 0.3 is 0 Å². The molecular formula is C20H23N5O. The predicted molar refractivity (Wildman–Crippen MR) is 103 cm³/mol. The van der Waals surface area contributed by atoms with E-state index in [1.54, 1.807) is 29.4 Å². The second kappa shape index (κ2) is 8.29. The van der Waals surface area contributed by atoms with E-state index < -0.39 is 0 Å². The Morgan fingerprint density at radius 1 is 1.27 bits per heavy atom. The van der Waals surface area contributed by atoms with Crippen molar-refractivity contribution in [3.05, 3.63) is 72.4 Å². The molecule has 0 saturated carbocycles. The van der Waals surface area contributed by atoms with Crippen molar-refractivity contribution < 1.29 is 4.79 Å². The number of nitrogens with one attached hydrogen (secondary N) is 1. The lowest BCUT2D eigenvalue weighted by molar-refractivity contribution is 0.0954. The number of amides is 1. The molecule has 3 rings (SSSR count). The van der Waals surface area contributed by atoms with E-state index in [1.165, 1.54) is 11.3 Å². The highest BCUT2D eigenvalue weighted by atomic mass is 16.1. The Balaban J connectivity index is 1.55. The number of benzene rings is 1. The van der Waals surface area contributed by atoms with Crippen molar-refractivity contribution in [1.29, 1.82) is 0 Å². The van der Waals surface area contributed by atoms with Gasteiger partial charge < -0.3 is 10.2 Å². The maximum absolute atomic E-state index is 12.3. The first-order chi connectivity index (χ1) is 12.7. The van der Waals surface area contributed by atoms with Crippen LogP contribution < -0.4 is 10.2 Å². The Morgan fingerprint density at radius 2 is 2.15 bits per heavy atom. The van der Waals surface area contributed by atoms with E-state index >= 15 is 0 Å².